The van der Waals surface area contributed by atoms with Crippen molar-refractivity contribution in [3.05, 3.63) is 12.7 Å². The van der Waals surface area contributed by atoms with Gasteiger partial charge < -0.3 is 24.8 Å². The van der Waals surface area contributed by atoms with E-state index in [1.54, 1.807) is 0 Å². The van der Waals surface area contributed by atoms with Gasteiger partial charge in [0.15, 0.2) is 0 Å². The van der Waals surface area contributed by atoms with E-state index in [-0.39, 0.29) is 13.2 Å². The predicted molar refractivity (Wildman–Crippen MR) is 81.1 cm³/mol. The standard InChI is InChI=1S/C16H30O5/c1-2-3-4-5-6-7-8-9-10-20-11-14(18)16-15(19)13(17)12-21-16/h2,13-19H,1,3-12H2/t13-,14+,15-,16-/m0/s1. The van der Waals surface area contributed by atoms with Crippen molar-refractivity contribution in [1.82, 2.24) is 0 Å². The van der Waals surface area contributed by atoms with Crippen LogP contribution in [-0.4, -0.2) is 59.6 Å². The summed E-state index contributed by atoms with van der Waals surface area (Å²) < 4.78 is 10.5. The van der Waals surface area contributed by atoms with E-state index in [1.807, 2.05) is 6.08 Å². The van der Waals surface area contributed by atoms with Crippen LogP contribution in [0, 0.1) is 0 Å². The summed E-state index contributed by atoms with van der Waals surface area (Å²) in [6.45, 7) is 4.51. The van der Waals surface area contributed by atoms with E-state index in [4.69, 9.17) is 9.47 Å². The van der Waals surface area contributed by atoms with Crippen molar-refractivity contribution in [1.29, 1.82) is 0 Å². The third-order valence-corrected chi connectivity index (χ3v) is 3.81. The molecule has 3 N–H and O–H groups in total. The molecule has 1 rings (SSSR count). The molecule has 1 heterocycles. The highest BCUT2D eigenvalue weighted by molar-refractivity contribution is 4.87. The molecule has 124 valence electrons. The van der Waals surface area contributed by atoms with Gasteiger partial charge in [0.05, 0.1) is 13.2 Å². The van der Waals surface area contributed by atoms with Gasteiger partial charge in [0.1, 0.15) is 24.4 Å². The van der Waals surface area contributed by atoms with Gasteiger partial charge in [-0.1, -0.05) is 31.8 Å². The lowest BCUT2D eigenvalue weighted by atomic mass is 10.1. The minimum absolute atomic E-state index is 0.0642. The molecule has 0 unspecified atom stereocenters. The Morgan fingerprint density at radius 2 is 1.81 bits per heavy atom. The molecule has 1 fully saturated rings. The molecule has 1 aliphatic rings. The van der Waals surface area contributed by atoms with E-state index in [1.165, 1.54) is 25.7 Å². The molecule has 0 aromatic carbocycles. The molecule has 5 heteroatoms. The molecule has 0 aliphatic carbocycles. The summed E-state index contributed by atoms with van der Waals surface area (Å²) in [5, 5.41) is 28.8. The van der Waals surface area contributed by atoms with Gasteiger partial charge in [-0.05, 0) is 19.3 Å². The quantitative estimate of drug-likeness (QED) is 0.375. The highest BCUT2D eigenvalue weighted by Crippen LogP contribution is 2.17. The van der Waals surface area contributed by atoms with E-state index < -0.39 is 24.4 Å². The topological polar surface area (TPSA) is 79.2 Å². The maximum Gasteiger partial charge on any atom is 0.114 e. The molecular weight excluding hydrogens is 272 g/mol. The Morgan fingerprint density at radius 1 is 1.14 bits per heavy atom. The normalized spacial score (nSPS) is 26.9. The Morgan fingerprint density at radius 3 is 2.43 bits per heavy atom. The largest absolute Gasteiger partial charge is 0.388 e. The van der Waals surface area contributed by atoms with Gasteiger partial charge in [0.25, 0.3) is 0 Å². The van der Waals surface area contributed by atoms with Gasteiger partial charge in [-0.25, -0.2) is 0 Å². The van der Waals surface area contributed by atoms with Crippen LogP contribution in [0.5, 0.6) is 0 Å². The van der Waals surface area contributed by atoms with Gasteiger partial charge in [-0.2, -0.15) is 0 Å². The third-order valence-electron chi connectivity index (χ3n) is 3.81. The summed E-state index contributed by atoms with van der Waals surface area (Å²) >= 11 is 0. The smallest absolute Gasteiger partial charge is 0.114 e. The van der Waals surface area contributed by atoms with E-state index in [0.717, 1.165) is 19.3 Å². The van der Waals surface area contributed by atoms with Crippen LogP contribution in [0.25, 0.3) is 0 Å². The number of aliphatic hydroxyl groups excluding tert-OH is 3. The maximum absolute atomic E-state index is 9.83. The Bertz CT molecular complexity index is 271. The van der Waals surface area contributed by atoms with Crippen molar-refractivity contribution in [2.45, 2.75) is 69.4 Å². The lowest BCUT2D eigenvalue weighted by Gasteiger charge is -2.20. The highest BCUT2D eigenvalue weighted by Gasteiger charge is 2.39. The fourth-order valence-corrected chi connectivity index (χ4v) is 2.46. The number of hydrogen-bond acceptors (Lipinski definition) is 5. The van der Waals surface area contributed by atoms with Crippen molar-refractivity contribution >= 4 is 0 Å². The van der Waals surface area contributed by atoms with Crippen LogP contribution in [0.15, 0.2) is 12.7 Å². The van der Waals surface area contributed by atoms with Crippen LogP contribution in [0.2, 0.25) is 0 Å². The molecule has 5 nitrogen and oxygen atoms in total. The zero-order chi connectivity index (χ0) is 15.5. The Kier molecular flexibility index (Phi) is 9.87. The van der Waals surface area contributed by atoms with Crippen molar-refractivity contribution in [3.8, 4) is 0 Å². The zero-order valence-corrected chi connectivity index (χ0v) is 12.8. The van der Waals surface area contributed by atoms with Crippen molar-refractivity contribution in [2.24, 2.45) is 0 Å². The molecule has 4 atom stereocenters. The number of hydrogen-bond donors (Lipinski definition) is 3. The molecule has 0 bridgehead atoms. The van der Waals surface area contributed by atoms with E-state index >= 15 is 0 Å². The Labute approximate surface area is 127 Å². The van der Waals surface area contributed by atoms with Crippen LogP contribution >= 0.6 is 0 Å². The summed E-state index contributed by atoms with van der Waals surface area (Å²) in [6.07, 6.45) is 6.53. The van der Waals surface area contributed by atoms with Gasteiger partial charge in [-0.15, -0.1) is 6.58 Å². The van der Waals surface area contributed by atoms with Crippen LogP contribution in [0.3, 0.4) is 0 Å². The number of ether oxygens (including phenoxy) is 2. The monoisotopic (exact) mass is 302 g/mol. The number of unbranched alkanes of at least 4 members (excludes halogenated alkanes) is 6. The second-order valence-electron chi connectivity index (χ2n) is 5.70. The summed E-state index contributed by atoms with van der Waals surface area (Å²) in [6, 6.07) is 0. The molecule has 0 saturated carbocycles. The van der Waals surface area contributed by atoms with Crippen LogP contribution < -0.4 is 0 Å². The molecule has 1 saturated heterocycles. The first-order chi connectivity index (χ1) is 10.2. The van der Waals surface area contributed by atoms with Gasteiger partial charge in [0, 0.05) is 6.61 Å². The summed E-state index contributed by atoms with van der Waals surface area (Å²) in [7, 11) is 0. The SMILES string of the molecule is C=CCCCCCCCCOC[C@@H](O)[C@@H]1OC[C@H](O)[C@@H]1O. The van der Waals surface area contributed by atoms with Crippen molar-refractivity contribution < 1.29 is 24.8 Å². The zero-order valence-electron chi connectivity index (χ0n) is 12.8. The molecule has 0 radical (unpaired) electrons. The first-order valence-electron chi connectivity index (χ1n) is 8.01. The first-order valence-corrected chi connectivity index (χ1v) is 8.01. The van der Waals surface area contributed by atoms with Crippen LogP contribution in [-0.2, 0) is 9.47 Å². The van der Waals surface area contributed by atoms with E-state index in [2.05, 4.69) is 6.58 Å². The molecule has 0 spiro atoms. The fraction of sp³-hybridized carbons (Fsp3) is 0.875. The fourth-order valence-electron chi connectivity index (χ4n) is 2.46. The molecule has 21 heavy (non-hydrogen) atoms. The number of aliphatic hydroxyl groups is 3. The minimum atomic E-state index is -1.03. The first kappa shape index (κ1) is 18.6. The van der Waals surface area contributed by atoms with Crippen LogP contribution in [0.1, 0.15) is 44.9 Å². The average Bonchev–Trinajstić information content (AvgIpc) is 2.81. The average molecular weight is 302 g/mol. The van der Waals surface area contributed by atoms with Crippen molar-refractivity contribution in [3.63, 3.8) is 0 Å². The van der Waals surface area contributed by atoms with E-state index in [9.17, 15) is 15.3 Å². The number of allylic oxidation sites excluding steroid dienone is 1. The second kappa shape index (κ2) is 11.2. The molecule has 0 aromatic heterocycles. The summed E-state index contributed by atoms with van der Waals surface area (Å²) in [4.78, 5) is 0. The highest BCUT2D eigenvalue weighted by atomic mass is 16.5. The summed E-state index contributed by atoms with van der Waals surface area (Å²) in [5.74, 6) is 0. The second-order valence-corrected chi connectivity index (χ2v) is 5.70. The number of rotatable bonds is 12. The third kappa shape index (κ3) is 7.38. The predicted octanol–water partition coefficient (Wildman–Crippen LogP) is 1.40. The lowest BCUT2D eigenvalue weighted by molar-refractivity contribution is -0.0813. The molecule has 0 amide bonds. The van der Waals surface area contributed by atoms with Crippen LogP contribution in [0.4, 0.5) is 0 Å². The van der Waals surface area contributed by atoms with Gasteiger partial charge >= 0.3 is 0 Å². The van der Waals surface area contributed by atoms with Gasteiger partial charge in [0.2, 0.25) is 0 Å². The van der Waals surface area contributed by atoms with E-state index in [0.29, 0.717) is 6.61 Å². The molecule has 1 aliphatic heterocycles. The Balaban J connectivity index is 1.91. The van der Waals surface area contributed by atoms with Crippen molar-refractivity contribution in [2.75, 3.05) is 19.8 Å². The lowest BCUT2D eigenvalue weighted by Crippen LogP contribution is -2.40. The molecular formula is C16H30O5. The summed E-state index contributed by atoms with van der Waals surface area (Å²) in [5.41, 5.74) is 0. The molecule has 0 aromatic rings. The van der Waals surface area contributed by atoms with Gasteiger partial charge in [-0.3, -0.25) is 0 Å². The Hall–Kier alpha value is -0.460. The maximum atomic E-state index is 9.83. The minimum Gasteiger partial charge on any atom is -0.388 e.